The summed E-state index contributed by atoms with van der Waals surface area (Å²) in [6.07, 6.45) is 0. The lowest BCUT2D eigenvalue weighted by atomic mass is 10.0. The molecule has 2 aromatic carbocycles. The van der Waals surface area contributed by atoms with E-state index in [2.05, 4.69) is 0 Å². The van der Waals surface area contributed by atoms with E-state index in [-0.39, 0.29) is 0 Å². The summed E-state index contributed by atoms with van der Waals surface area (Å²) in [5.41, 5.74) is 2.57. The van der Waals surface area contributed by atoms with Gasteiger partial charge in [-0.25, -0.2) is 9.59 Å². The summed E-state index contributed by atoms with van der Waals surface area (Å²) in [4.78, 5) is 25.0. The zero-order valence-electron chi connectivity index (χ0n) is 13.1. The first-order valence-electron chi connectivity index (χ1n) is 7.03. The van der Waals surface area contributed by atoms with Gasteiger partial charge in [-0.1, -0.05) is 41.0 Å². The number of carbonyl (C=O) groups excluding carboxylic acids is 2. The molecule has 0 radical (unpaired) electrons. The van der Waals surface area contributed by atoms with Gasteiger partial charge in [0.05, 0.1) is 11.1 Å². The number of carbonyl (C=O) groups is 2. The molecule has 0 aliphatic rings. The minimum absolute atomic E-state index is 0.392. The minimum atomic E-state index is -2.65. The molecular formula is C18H18O3P+. The molecule has 0 aliphatic heterocycles. The average molecular weight is 313 g/mol. The summed E-state index contributed by atoms with van der Waals surface area (Å²) in [6.45, 7) is 7.14. The fourth-order valence-corrected chi connectivity index (χ4v) is 3.89. The lowest BCUT2D eigenvalue weighted by Gasteiger charge is -2.04. The fourth-order valence-electron chi connectivity index (χ4n) is 2.60. The molecule has 0 N–H and O–H groups in total. The van der Waals surface area contributed by atoms with Crippen LogP contribution in [0, 0.1) is 27.7 Å². The highest BCUT2D eigenvalue weighted by Gasteiger charge is 2.42. The summed E-state index contributed by atoms with van der Waals surface area (Å²) in [6, 6.07) is 10.8. The summed E-state index contributed by atoms with van der Waals surface area (Å²) < 4.78 is 12.5. The maximum atomic E-state index is 12.5. The number of benzene rings is 2. The van der Waals surface area contributed by atoms with E-state index in [9.17, 15) is 14.2 Å². The SMILES string of the molecule is Cc1cccc(C)c1C(=O)[P+](=O)C(=O)c1c(C)cccc1C. The molecular weight excluding hydrogens is 295 g/mol. The number of aryl methyl sites for hydroxylation is 4. The maximum Gasteiger partial charge on any atom is 0.501 e. The minimum Gasteiger partial charge on any atom is -0.234 e. The van der Waals surface area contributed by atoms with E-state index < -0.39 is 18.8 Å². The van der Waals surface area contributed by atoms with Gasteiger partial charge in [0.2, 0.25) is 0 Å². The van der Waals surface area contributed by atoms with Crippen LogP contribution in [-0.4, -0.2) is 11.0 Å². The van der Waals surface area contributed by atoms with Crippen molar-refractivity contribution in [3.63, 3.8) is 0 Å². The monoisotopic (exact) mass is 313 g/mol. The second-order valence-electron chi connectivity index (χ2n) is 5.44. The Morgan fingerprint density at radius 3 is 1.23 bits per heavy atom. The van der Waals surface area contributed by atoms with Crippen molar-refractivity contribution in [1.82, 2.24) is 0 Å². The number of hydrogen-bond acceptors (Lipinski definition) is 3. The molecule has 0 heterocycles. The topological polar surface area (TPSA) is 51.2 Å². The Kier molecular flexibility index (Phi) is 4.68. The van der Waals surface area contributed by atoms with Gasteiger partial charge in [0.1, 0.15) is 0 Å². The first-order valence-corrected chi connectivity index (χ1v) is 8.29. The quantitative estimate of drug-likeness (QED) is 0.767. The third-order valence-electron chi connectivity index (χ3n) is 3.76. The summed E-state index contributed by atoms with van der Waals surface area (Å²) in [5, 5.41) is 0. The van der Waals surface area contributed by atoms with Crippen molar-refractivity contribution >= 4 is 18.8 Å². The van der Waals surface area contributed by atoms with E-state index in [1.54, 1.807) is 52.0 Å². The average Bonchev–Trinajstić information content (AvgIpc) is 2.45. The van der Waals surface area contributed by atoms with Crippen LogP contribution in [0.25, 0.3) is 0 Å². The molecule has 0 bridgehead atoms. The van der Waals surface area contributed by atoms with Crippen molar-refractivity contribution in [1.29, 1.82) is 0 Å². The smallest absolute Gasteiger partial charge is 0.234 e. The molecule has 22 heavy (non-hydrogen) atoms. The zero-order chi connectivity index (χ0) is 16.4. The van der Waals surface area contributed by atoms with Crippen LogP contribution in [-0.2, 0) is 4.57 Å². The van der Waals surface area contributed by atoms with Gasteiger partial charge in [-0.2, -0.15) is 0 Å². The molecule has 0 saturated carbocycles. The second-order valence-corrected chi connectivity index (χ2v) is 6.84. The molecule has 0 unspecified atom stereocenters. The van der Waals surface area contributed by atoms with E-state index >= 15 is 0 Å². The van der Waals surface area contributed by atoms with Gasteiger partial charge >= 0.3 is 18.8 Å². The van der Waals surface area contributed by atoms with Crippen LogP contribution in [0.4, 0.5) is 0 Å². The van der Waals surface area contributed by atoms with Crippen LogP contribution in [0.5, 0.6) is 0 Å². The predicted octanol–water partition coefficient (Wildman–Crippen LogP) is 4.73. The molecule has 112 valence electrons. The highest BCUT2D eigenvalue weighted by molar-refractivity contribution is 7.80. The van der Waals surface area contributed by atoms with Crippen molar-refractivity contribution in [2.45, 2.75) is 27.7 Å². The van der Waals surface area contributed by atoms with Crippen LogP contribution >= 0.6 is 7.80 Å². The Bertz CT molecular complexity index is 685. The van der Waals surface area contributed by atoms with Crippen LogP contribution in [0.15, 0.2) is 36.4 Å². The molecule has 2 aromatic rings. The first-order chi connectivity index (χ1) is 10.3. The van der Waals surface area contributed by atoms with Crippen molar-refractivity contribution in [3.05, 3.63) is 69.8 Å². The summed E-state index contributed by atoms with van der Waals surface area (Å²) >= 11 is 0. The van der Waals surface area contributed by atoms with Gasteiger partial charge in [-0.05, 0) is 49.9 Å². The van der Waals surface area contributed by atoms with Crippen molar-refractivity contribution in [3.8, 4) is 0 Å². The largest absolute Gasteiger partial charge is 0.501 e. The molecule has 0 amide bonds. The Hall–Kier alpha value is -2.12. The van der Waals surface area contributed by atoms with E-state index in [1.807, 2.05) is 12.1 Å². The standard InChI is InChI=1S/C18H18O3P/c1-11-7-5-8-12(2)15(11)17(19)22(21)18(20)16-13(3)9-6-10-14(16)4/h5-10H,1-4H3/q+1. The van der Waals surface area contributed by atoms with E-state index in [4.69, 9.17) is 0 Å². The van der Waals surface area contributed by atoms with Gasteiger partial charge in [-0.15, -0.1) is 0 Å². The fraction of sp³-hybridized carbons (Fsp3) is 0.222. The lowest BCUT2D eigenvalue weighted by Crippen LogP contribution is -2.07. The normalized spacial score (nSPS) is 10.4. The van der Waals surface area contributed by atoms with Crippen molar-refractivity contribution < 1.29 is 14.2 Å². The van der Waals surface area contributed by atoms with Crippen LogP contribution in [0.2, 0.25) is 0 Å². The maximum absolute atomic E-state index is 12.5. The van der Waals surface area contributed by atoms with Crippen LogP contribution < -0.4 is 0 Å². The third-order valence-corrected chi connectivity index (χ3v) is 4.94. The Morgan fingerprint density at radius 2 is 0.955 bits per heavy atom. The first kappa shape index (κ1) is 16.3. The molecule has 0 saturated heterocycles. The van der Waals surface area contributed by atoms with Crippen molar-refractivity contribution in [2.24, 2.45) is 0 Å². The van der Waals surface area contributed by atoms with Gasteiger partial charge in [0.25, 0.3) is 0 Å². The van der Waals surface area contributed by atoms with Gasteiger partial charge < -0.3 is 0 Å². The highest BCUT2D eigenvalue weighted by Crippen LogP contribution is 2.35. The zero-order valence-corrected chi connectivity index (χ0v) is 14.0. The molecule has 0 atom stereocenters. The summed E-state index contributed by atoms with van der Waals surface area (Å²) in [5.74, 6) is 0. The van der Waals surface area contributed by atoms with E-state index in [0.29, 0.717) is 11.1 Å². The molecule has 4 heteroatoms. The van der Waals surface area contributed by atoms with Gasteiger partial charge in [-0.3, -0.25) is 0 Å². The summed E-state index contributed by atoms with van der Waals surface area (Å²) in [7, 11) is -2.65. The second kappa shape index (κ2) is 6.33. The molecule has 0 fully saturated rings. The number of rotatable bonds is 4. The molecule has 2 rings (SSSR count). The lowest BCUT2D eigenvalue weighted by molar-refractivity contribution is 0.104. The third kappa shape index (κ3) is 2.90. The molecule has 3 nitrogen and oxygen atoms in total. The van der Waals surface area contributed by atoms with Gasteiger partial charge in [0.15, 0.2) is 0 Å². The van der Waals surface area contributed by atoms with E-state index in [0.717, 1.165) is 22.3 Å². The Balaban J connectivity index is 2.44. The van der Waals surface area contributed by atoms with Gasteiger partial charge in [0, 0.05) is 0 Å². The van der Waals surface area contributed by atoms with Crippen LogP contribution in [0.1, 0.15) is 43.0 Å². The Labute approximate surface area is 131 Å². The van der Waals surface area contributed by atoms with Crippen molar-refractivity contribution in [2.75, 3.05) is 0 Å². The van der Waals surface area contributed by atoms with E-state index in [1.165, 1.54) is 0 Å². The predicted molar refractivity (Wildman–Crippen MR) is 88.1 cm³/mol. The van der Waals surface area contributed by atoms with Crippen LogP contribution in [0.3, 0.4) is 0 Å². The molecule has 0 aliphatic carbocycles. The molecule has 0 aromatic heterocycles. The molecule has 0 spiro atoms. The number of hydrogen-bond donors (Lipinski definition) is 0. The highest BCUT2D eigenvalue weighted by atomic mass is 31.1. The Morgan fingerprint density at radius 1 is 0.682 bits per heavy atom.